The van der Waals surface area contributed by atoms with Crippen LogP contribution in [0.1, 0.15) is 43.0 Å². The number of hydrogen-bond donors (Lipinski definition) is 1. The molecule has 1 aliphatic heterocycles. The summed E-state index contributed by atoms with van der Waals surface area (Å²) in [7, 11) is 0. The third-order valence-corrected chi connectivity index (χ3v) is 3.72. The van der Waals surface area contributed by atoms with Gasteiger partial charge in [0, 0.05) is 19.3 Å². The fourth-order valence-corrected chi connectivity index (χ4v) is 2.61. The Labute approximate surface area is 126 Å². The van der Waals surface area contributed by atoms with Gasteiger partial charge >= 0.3 is 5.97 Å². The minimum atomic E-state index is -0.317. The number of likely N-dealkylation sites (tertiary alicyclic amines) is 1. The Morgan fingerprint density at radius 1 is 1.33 bits per heavy atom. The van der Waals surface area contributed by atoms with Crippen LogP contribution in [0.5, 0.6) is 0 Å². The third-order valence-electron chi connectivity index (χ3n) is 3.72. The highest BCUT2D eigenvalue weighted by Gasteiger charge is 2.13. The molecule has 116 valence electrons. The summed E-state index contributed by atoms with van der Waals surface area (Å²) >= 11 is 0. The van der Waals surface area contributed by atoms with E-state index in [2.05, 4.69) is 15.2 Å². The van der Waals surface area contributed by atoms with Crippen LogP contribution in [0.3, 0.4) is 0 Å². The minimum absolute atomic E-state index is 0.317. The highest BCUT2D eigenvalue weighted by atomic mass is 16.5. The van der Waals surface area contributed by atoms with Crippen molar-refractivity contribution in [3.8, 4) is 0 Å². The van der Waals surface area contributed by atoms with E-state index in [0.29, 0.717) is 18.0 Å². The molecule has 1 aromatic rings. The maximum atomic E-state index is 11.9. The molecule has 0 bridgehead atoms. The number of ether oxygens (including phenoxy) is 1. The Bertz CT molecular complexity index is 443. The predicted molar refractivity (Wildman–Crippen MR) is 83.6 cm³/mol. The average Bonchev–Trinajstić information content (AvgIpc) is 2.77. The van der Waals surface area contributed by atoms with Gasteiger partial charge in [0.2, 0.25) is 0 Å². The highest BCUT2D eigenvalue weighted by Crippen LogP contribution is 2.13. The summed E-state index contributed by atoms with van der Waals surface area (Å²) in [5.74, 6) is 0.300. The summed E-state index contributed by atoms with van der Waals surface area (Å²) in [5.41, 5.74) is 0.509. The van der Waals surface area contributed by atoms with Crippen molar-refractivity contribution in [1.29, 1.82) is 0 Å². The predicted octanol–water partition coefficient (Wildman–Crippen LogP) is 2.55. The van der Waals surface area contributed by atoms with Crippen molar-refractivity contribution in [3.05, 3.63) is 23.9 Å². The van der Waals surface area contributed by atoms with Gasteiger partial charge in [-0.2, -0.15) is 0 Å². The van der Waals surface area contributed by atoms with Gasteiger partial charge in [-0.25, -0.2) is 9.78 Å². The molecule has 0 unspecified atom stereocenters. The summed E-state index contributed by atoms with van der Waals surface area (Å²) < 4.78 is 5.05. The molecule has 21 heavy (non-hydrogen) atoms. The van der Waals surface area contributed by atoms with Gasteiger partial charge in [-0.3, -0.25) is 0 Å². The van der Waals surface area contributed by atoms with Gasteiger partial charge in [0.05, 0.1) is 6.61 Å². The van der Waals surface area contributed by atoms with Crippen LogP contribution in [-0.2, 0) is 4.74 Å². The number of anilines is 1. The van der Waals surface area contributed by atoms with Crippen LogP contribution in [0.15, 0.2) is 18.3 Å². The lowest BCUT2D eigenvalue weighted by Gasteiger charge is -2.20. The van der Waals surface area contributed by atoms with Crippen LogP contribution in [0.2, 0.25) is 0 Å². The lowest BCUT2D eigenvalue weighted by Crippen LogP contribution is -2.30. The van der Waals surface area contributed by atoms with Gasteiger partial charge in [-0.1, -0.05) is 12.8 Å². The fraction of sp³-hybridized carbons (Fsp3) is 0.625. The molecule has 0 radical (unpaired) electrons. The summed E-state index contributed by atoms with van der Waals surface area (Å²) in [6, 6.07) is 3.51. The summed E-state index contributed by atoms with van der Waals surface area (Å²) in [5, 5.41) is 3.27. The summed E-state index contributed by atoms with van der Waals surface area (Å²) in [4.78, 5) is 18.6. The first-order valence-electron chi connectivity index (χ1n) is 7.89. The molecule has 2 heterocycles. The Hall–Kier alpha value is -1.62. The normalized spacial score (nSPS) is 16.2. The average molecular weight is 291 g/mol. The first kappa shape index (κ1) is 15.8. The van der Waals surface area contributed by atoms with E-state index < -0.39 is 0 Å². The Morgan fingerprint density at radius 3 is 2.81 bits per heavy atom. The highest BCUT2D eigenvalue weighted by molar-refractivity contribution is 5.94. The summed E-state index contributed by atoms with van der Waals surface area (Å²) in [6.07, 6.45) is 6.96. The number of nitrogens with zero attached hydrogens (tertiary/aromatic N) is 2. The third kappa shape index (κ3) is 5.01. The standard InChI is InChI=1S/C16H25N3O2/c1-2-21-16(20)14-8-7-9-17-15(14)18-10-13-19-11-5-3-4-6-12-19/h7-9H,2-6,10-13H2,1H3,(H,17,18). The van der Waals surface area contributed by atoms with Crippen LogP contribution in [0, 0.1) is 0 Å². The van der Waals surface area contributed by atoms with Crippen molar-refractivity contribution in [2.24, 2.45) is 0 Å². The molecule has 0 aliphatic carbocycles. The largest absolute Gasteiger partial charge is 0.462 e. The van der Waals surface area contributed by atoms with Crippen LogP contribution in [-0.4, -0.2) is 48.6 Å². The van der Waals surface area contributed by atoms with Crippen LogP contribution in [0.4, 0.5) is 5.82 Å². The van der Waals surface area contributed by atoms with E-state index >= 15 is 0 Å². The number of nitrogens with one attached hydrogen (secondary N) is 1. The van der Waals surface area contributed by atoms with E-state index in [-0.39, 0.29) is 5.97 Å². The smallest absolute Gasteiger partial charge is 0.341 e. The second kappa shape index (κ2) is 8.62. The molecule has 2 rings (SSSR count). The van der Waals surface area contributed by atoms with E-state index in [4.69, 9.17) is 4.74 Å². The van der Waals surface area contributed by atoms with Crippen LogP contribution < -0.4 is 5.32 Å². The molecule has 1 saturated heterocycles. The number of hydrogen-bond acceptors (Lipinski definition) is 5. The van der Waals surface area contributed by atoms with Crippen molar-refractivity contribution in [3.63, 3.8) is 0 Å². The maximum absolute atomic E-state index is 11.9. The zero-order chi connectivity index (χ0) is 14.9. The van der Waals surface area contributed by atoms with Crippen LogP contribution >= 0.6 is 0 Å². The molecule has 1 aromatic heterocycles. The fourth-order valence-electron chi connectivity index (χ4n) is 2.61. The summed E-state index contributed by atoms with van der Waals surface area (Å²) in [6.45, 7) is 6.31. The maximum Gasteiger partial charge on any atom is 0.341 e. The molecule has 1 aliphatic rings. The first-order valence-corrected chi connectivity index (χ1v) is 7.89. The zero-order valence-electron chi connectivity index (χ0n) is 12.8. The van der Waals surface area contributed by atoms with E-state index in [1.807, 2.05) is 0 Å². The van der Waals surface area contributed by atoms with Gasteiger partial charge in [0.1, 0.15) is 11.4 Å². The molecule has 0 atom stereocenters. The number of carbonyl (C=O) groups is 1. The quantitative estimate of drug-likeness (QED) is 0.816. The topological polar surface area (TPSA) is 54.5 Å². The molecule has 1 fully saturated rings. The number of rotatable bonds is 6. The Balaban J connectivity index is 1.86. The zero-order valence-corrected chi connectivity index (χ0v) is 12.8. The number of pyridine rings is 1. The molecule has 5 nitrogen and oxygen atoms in total. The van der Waals surface area contributed by atoms with Crippen molar-refractivity contribution in [2.75, 3.05) is 38.1 Å². The molecule has 1 N–H and O–H groups in total. The van der Waals surface area contributed by atoms with Gasteiger partial charge in [-0.15, -0.1) is 0 Å². The van der Waals surface area contributed by atoms with E-state index in [9.17, 15) is 4.79 Å². The minimum Gasteiger partial charge on any atom is -0.462 e. The SMILES string of the molecule is CCOC(=O)c1cccnc1NCCN1CCCCCC1. The first-order chi connectivity index (χ1) is 10.3. The van der Waals surface area contributed by atoms with Crippen molar-refractivity contribution in [1.82, 2.24) is 9.88 Å². The lowest BCUT2D eigenvalue weighted by atomic mass is 10.2. The molecule has 0 spiro atoms. The second-order valence-corrected chi connectivity index (χ2v) is 5.30. The van der Waals surface area contributed by atoms with E-state index in [1.54, 1.807) is 25.3 Å². The molecule has 0 aromatic carbocycles. The molecular weight excluding hydrogens is 266 g/mol. The van der Waals surface area contributed by atoms with E-state index in [1.165, 1.54) is 38.8 Å². The monoisotopic (exact) mass is 291 g/mol. The van der Waals surface area contributed by atoms with Crippen molar-refractivity contribution in [2.45, 2.75) is 32.6 Å². The van der Waals surface area contributed by atoms with E-state index in [0.717, 1.165) is 13.1 Å². The Morgan fingerprint density at radius 2 is 2.10 bits per heavy atom. The molecule has 5 heteroatoms. The van der Waals surface area contributed by atoms with Crippen molar-refractivity contribution >= 4 is 11.8 Å². The number of carbonyl (C=O) groups excluding carboxylic acids is 1. The van der Waals surface area contributed by atoms with Gasteiger partial charge in [0.25, 0.3) is 0 Å². The van der Waals surface area contributed by atoms with Crippen molar-refractivity contribution < 1.29 is 9.53 Å². The van der Waals surface area contributed by atoms with Gasteiger partial charge in [0.15, 0.2) is 0 Å². The van der Waals surface area contributed by atoms with Gasteiger partial charge in [-0.05, 0) is 45.0 Å². The van der Waals surface area contributed by atoms with Crippen LogP contribution in [0.25, 0.3) is 0 Å². The lowest BCUT2D eigenvalue weighted by molar-refractivity contribution is 0.0527. The van der Waals surface area contributed by atoms with Gasteiger partial charge < -0.3 is 15.0 Å². The molecular formula is C16H25N3O2. The number of esters is 1. The number of aromatic nitrogens is 1. The second-order valence-electron chi connectivity index (χ2n) is 5.30. The molecule has 0 saturated carbocycles. The molecule has 0 amide bonds. The Kier molecular flexibility index (Phi) is 6.47.